The van der Waals surface area contributed by atoms with Gasteiger partial charge in [-0.05, 0) is 25.8 Å². The van der Waals surface area contributed by atoms with Crippen molar-refractivity contribution in [1.82, 2.24) is 15.3 Å². The lowest BCUT2D eigenvalue weighted by Crippen LogP contribution is -2.48. The quantitative estimate of drug-likeness (QED) is 0.330. The number of urea groups is 1. The fourth-order valence-electron chi connectivity index (χ4n) is 3.19. The number of hydrogen-bond acceptors (Lipinski definition) is 6. The lowest BCUT2D eigenvalue weighted by Gasteiger charge is -2.30. The highest BCUT2D eigenvalue weighted by Gasteiger charge is 2.48. The zero-order valence-corrected chi connectivity index (χ0v) is 12.7. The highest BCUT2D eigenvalue weighted by molar-refractivity contribution is 7.80. The van der Waals surface area contributed by atoms with E-state index in [9.17, 15) is 13.2 Å². The molecule has 0 aliphatic carbocycles. The molecule has 2 amide bonds. The molecule has 0 saturated carbocycles. The van der Waals surface area contributed by atoms with Crippen LogP contribution in [-0.2, 0) is 14.7 Å². The van der Waals surface area contributed by atoms with Crippen molar-refractivity contribution < 1.29 is 22.0 Å². The summed E-state index contributed by atoms with van der Waals surface area (Å²) in [4.78, 5) is 18.2. The van der Waals surface area contributed by atoms with Crippen molar-refractivity contribution in [3.8, 4) is 0 Å². The van der Waals surface area contributed by atoms with Crippen molar-refractivity contribution in [2.24, 2.45) is 10.7 Å². The highest BCUT2D eigenvalue weighted by atomic mass is 32.3. The topological polar surface area (TPSA) is 138 Å². The number of piperidine rings is 1. The Hall–Kier alpha value is -1.43. The summed E-state index contributed by atoms with van der Waals surface area (Å²) >= 11 is 0. The van der Waals surface area contributed by atoms with Gasteiger partial charge < -0.3 is 16.0 Å². The normalized spacial score (nSPS) is 32.9. The van der Waals surface area contributed by atoms with Crippen LogP contribution in [0.4, 0.5) is 4.79 Å². The molecule has 4 N–H and O–H groups in total. The second-order valence-corrected chi connectivity index (χ2v) is 6.72. The van der Waals surface area contributed by atoms with Gasteiger partial charge in [0, 0.05) is 13.1 Å². The van der Waals surface area contributed by atoms with Gasteiger partial charge in [0.2, 0.25) is 0 Å². The first-order chi connectivity index (χ1) is 10.3. The van der Waals surface area contributed by atoms with Crippen molar-refractivity contribution in [1.29, 1.82) is 0 Å². The second-order valence-electron chi connectivity index (χ2n) is 5.71. The second kappa shape index (κ2) is 5.65. The Balaban J connectivity index is 1.73. The van der Waals surface area contributed by atoms with Gasteiger partial charge in [-0.25, -0.2) is 4.79 Å². The molecule has 3 aliphatic heterocycles. The number of fused-ring (bicyclic) bond motifs is 2. The van der Waals surface area contributed by atoms with Crippen molar-refractivity contribution >= 4 is 22.3 Å². The van der Waals surface area contributed by atoms with E-state index in [2.05, 4.69) is 14.6 Å². The molecule has 3 fully saturated rings. The predicted molar refractivity (Wildman–Crippen MR) is 76.3 cm³/mol. The molecular weight excluding hydrogens is 314 g/mol. The molecule has 0 unspecified atom stereocenters. The van der Waals surface area contributed by atoms with Gasteiger partial charge in [-0.15, -0.1) is 4.28 Å². The van der Waals surface area contributed by atoms with E-state index in [1.54, 1.807) is 0 Å². The van der Waals surface area contributed by atoms with E-state index >= 15 is 0 Å². The van der Waals surface area contributed by atoms with E-state index in [1.165, 1.54) is 4.90 Å². The van der Waals surface area contributed by atoms with E-state index in [4.69, 9.17) is 10.3 Å². The van der Waals surface area contributed by atoms with E-state index in [0.717, 1.165) is 19.5 Å². The Morgan fingerprint density at radius 3 is 2.82 bits per heavy atom. The first-order valence-electron chi connectivity index (χ1n) is 7.16. The SMILES string of the molecule is NC(=N[C@@H]1CCNC1)[C@@H]1CC[C@@H]2CN1C(=O)N2OS(=O)(=O)O. The summed E-state index contributed by atoms with van der Waals surface area (Å²) in [7, 11) is -4.73. The monoisotopic (exact) mass is 333 g/mol. The third kappa shape index (κ3) is 3.02. The molecule has 3 rings (SSSR count). The largest absolute Gasteiger partial charge is 0.418 e. The maximum absolute atomic E-state index is 12.2. The van der Waals surface area contributed by atoms with E-state index in [1.807, 2.05) is 0 Å². The van der Waals surface area contributed by atoms with Gasteiger partial charge in [-0.2, -0.15) is 13.5 Å². The van der Waals surface area contributed by atoms with Gasteiger partial charge in [0.15, 0.2) is 0 Å². The first-order valence-corrected chi connectivity index (χ1v) is 8.52. The number of carbonyl (C=O) groups excluding carboxylic acids is 1. The number of amidine groups is 1. The number of nitrogens with zero attached hydrogens (tertiary/aromatic N) is 3. The molecule has 3 saturated heterocycles. The molecule has 0 spiro atoms. The summed E-state index contributed by atoms with van der Waals surface area (Å²) in [6, 6.07) is -1.28. The van der Waals surface area contributed by atoms with E-state index in [0.29, 0.717) is 30.3 Å². The smallest absolute Gasteiger partial charge is 0.386 e. The van der Waals surface area contributed by atoms with Gasteiger partial charge in [0.1, 0.15) is 5.84 Å². The van der Waals surface area contributed by atoms with E-state index in [-0.39, 0.29) is 12.1 Å². The minimum absolute atomic E-state index is 0.112. The zero-order valence-electron chi connectivity index (χ0n) is 11.9. The van der Waals surface area contributed by atoms with Crippen LogP contribution in [-0.4, -0.2) is 72.6 Å². The molecule has 3 aliphatic rings. The minimum atomic E-state index is -4.73. The van der Waals surface area contributed by atoms with Crippen LogP contribution in [0.5, 0.6) is 0 Å². The Kier molecular flexibility index (Phi) is 3.97. The third-order valence-electron chi connectivity index (χ3n) is 4.20. The summed E-state index contributed by atoms with van der Waals surface area (Å²) in [5, 5.41) is 3.90. The molecule has 124 valence electrons. The van der Waals surface area contributed by atoms with Crippen LogP contribution < -0.4 is 11.1 Å². The molecule has 0 radical (unpaired) electrons. The Labute approximate surface area is 128 Å². The van der Waals surface area contributed by atoms with Crippen LogP contribution in [0.2, 0.25) is 0 Å². The van der Waals surface area contributed by atoms with Crippen molar-refractivity contribution in [3.63, 3.8) is 0 Å². The number of aliphatic imine (C=N–C) groups is 1. The predicted octanol–water partition coefficient (Wildman–Crippen LogP) is -1.29. The molecule has 0 aromatic carbocycles. The number of rotatable bonds is 4. The van der Waals surface area contributed by atoms with Crippen LogP contribution in [0.3, 0.4) is 0 Å². The van der Waals surface area contributed by atoms with E-state index < -0.39 is 22.5 Å². The van der Waals surface area contributed by atoms with Gasteiger partial charge in [-0.3, -0.25) is 9.55 Å². The molecule has 3 atom stereocenters. The lowest BCUT2D eigenvalue weighted by molar-refractivity contribution is -0.0316. The molecule has 2 bridgehead atoms. The molecule has 22 heavy (non-hydrogen) atoms. The number of nitrogens with one attached hydrogen (secondary N) is 1. The Bertz CT molecular complexity index is 588. The molecule has 11 heteroatoms. The van der Waals surface area contributed by atoms with Gasteiger partial charge in [0.05, 0.1) is 18.1 Å². The first kappa shape index (κ1) is 15.5. The fraction of sp³-hybridized carbons (Fsp3) is 0.818. The maximum Gasteiger partial charge on any atom is 0.418 e. The fourth-order valence-corrected chi connectivity index (χ4v) is 3.57. The van der Waals surface area contributed by atoms with Gasteiger partial charge >= 0.3 is 16.4 Å². The van der Waals surface area contributed by atoms with Crippen molar-refractivity contribution in [2.45, 2.75) is 37.4 Å². The lowest BCUT2D eigenvalue weighted by atomic mass is 10.00. The van der Waals surface area contributed by atoms with Crippen LogP contribution in [0.1, 0.15) is 19.3 Å². The number of nitrogens with two attached hydrogens (primary N) is 1. The summed E-state index contributed by atoms with van der Waals surface area (Å²) in [5.74, 6) is 0.384. The highest BCUT2D eigenvalue weighted by Crippen LogP contribution is 2.30. The summed E-state index contributed by atoms with van der Waals surface area (Å²) in [6.07, 6.45) is 2.01. The standard InChI is InChI=1S/C11H19N5O5S/c12-10(14-7-3-4-13-5-7)9-2-1-8-6-15(9)11(17)16(8)21-22(18,19)20/h7-9,13H,1-6H2,(H2,12,14)(H,18,19,20)/t7-,8-,9+/m1/s1. The van der Waals surface area contributed by atoms with Gasteiger partial charge in [0.25, 0.3) is 0 Å². The number of amides is 2. The summed E-state index contributed by atoms with van der Waals surface area (Å²) in [5.41, 5.74) is 6.05. The summed E-state index contributed by atoms with van der Waals surface area (Å²) < 4.78 is 34.8. The van der Waals surface area contributed by atoms with Crippen LogP contribution >= 0.6 is 0 Å². The number of carbonyl (C=O) groups is 1. The summed E-state index contributed by atoms with van der Waals surface area (Å²) in [6.45, 7) is 1.97. The molecule has 3 heterocycles. The number of hydrogen-bond donors (Lipinski definition) is 3. The molecule has 10 nitrogen and oxygen atoms in total. The van der Waals surface area contributed by atoms with Crippen molar-refractivity contribution in [3.05, 3.63) is 0 Å². The molecule has 0 aromatic rings. The molecular formula is C11H19N5O5S. The van der Waals surface area contributed by atoms with Crippen LogP contribution in [0, 0.1) is 0 Å². The van der Waals surface area contributed by atoms with Crippen LogP contribution in [0.15, 0.2) is 4.99 Å². The van der Waals surface area contributed by atoms with Gasteiger partial charge in [-0.1, -0.05) is 0 Å². The zero-order chi connectivity index (χ0) is 15.9. The maximum atomic E-state index is 12.2. The Morgan fingerprint density at radius 1 is 1.41 bits per heavy atom. The Morgan fingerprint density at radius 2 is 2.18 bits per heavy atom. The molecule has 0 aromatic heterocycles. The van der Waals surface area contributed by atoms with Crippen LogP contribution in [0.25, 0.3) is 0 Å². The average molecular weight is 333 g/mol. The number of hydroxylamine groups is 2. The third-order valence-corrected chi connectivity index (χ3v) is 4.55. The minimum Gasteiger partial charge on any atom is -0.386 e. The van der Waals surface area contributed by atoms with Crippen molar-refractivity contribution in [2.75, 3.05) is 19.6 Å². The average Bonchev–Trinajstić information content (AvgIpc) is 3.01.